The predicted octanol–water partition coefficient (Wildman–Crippen LogP) is 3.51. The van der Waals surface area contributed by atoms with Crippen molar-refractivity contribution in [2.45, 2.75) is 25.6 Å². The second kappa shape index (κ2) is 7.74. The minimum absolute atomic E-state index is 0.152. The van der Waals surface area contributed by atoms with Gasteiger partial charge in [0.2, 0.25) is 0 Å². The van der Waals surface area contributed by atoms with Gasteiger partial charge in [-0.1, -0.05) is 38.1 Å². The van der Waals surface area contributed by atoms with E-state index in [1.54, 1.807) is 31.5 Å². The fourth-order valence-corrected chi connectivity index (χ4v) is 3.78. The average Bonchev–Trinajstić information content (AvgIpc) is 2.86. The number of ether oxygens (including phenoxy) is 1. The first-order valence-corrected chi connectivity index (χ1v) is 9.21. The molecule has 0 fully saturated rings. The molecule has 2 amide bonds. The number of benzene rings is 1. The minimum Gasteiger partial charge on any atom is -0.496 e. The SMILES string of the molecule is COc1ccccc1C1=C(SC(C)C)C(=O)N(Cc2ccccn2)C1=O. The normalized spacial score (nSPS) is 14.5. The van der Waals surface area contributed by atoms with Gasteiger partial charge in [-0.2, -0.15) is 0 Å². The van der Waals surface area contributed by atoms with Crippen molar-refractivity contribution in [3.05, 3.63) is 64.8 Å². The van der Waals surface area contributed by atoms with E-state index in [1.807, 2.05) is 38.1 Å². The van der Waals surface area contributed by atoms with E-state index in [2.05, 4.69) is 4.98 Å². The van der Waals surface area contributed by atoms with E-state index in [4.69, 9.17) is 4.74 Å². The maximum atomic E-state index is 13.1. The van der Waals surface area contributed by atoms with E-state index in [0.717, 1.165) is 0 Å². The molecule has 0 spiro atoms. The van der Waals surface area contributed by atoms with Crippen LogP contribution in [0.4, 0.5) is 0 Å². The van der Waals surface area contributed by atoms with Crippen molar-refractivity contribution in [2.24, 2.45) is 0 Å². The first-order valence-electron chi connectivity index (χ1n) is 8.33. The molecule has 0 saturated heterocycles. The van der Waals surface area contributed by atoms with Crippen molar-refractivity contribution in [3.63, 3.8) is 0 Å². The number of methoxy groups -OCH3 is 1. The summed E-state index contributed by atoms with van der Waals surface area (Å²) in [7, 11) is 1.56. The summed E-state index contributed by atoms with van der Waals surface area (Å²) in [5.74, 6) is -0.0150. The lowest BCUT2D eigenvalue weighted by molar-refractivity contribution is -0.137. The van der Waals surface area contributed by atoms with E-state index in [-0.39, 0.29) is 23.6 Å². The number of aromatic nitrogens is 1. The third kappa shape index (κ3) is 3.51. The summed E-state index contributed by atoms with van der Waals surface area (Å²) in [6.45, 7) is 4.15. The molecule has 26 heavy (non-hydrogen) atoms. The topological polar surface area (TPSA) is 59.5 Å². The molecule has 0 radical (unpaired) electrons. The molecule has 0 bridgehead atoms. The number of rotatable bonds is 6. The summed E-state index contributed by atoms with van der Waals surface area (Å²) in [6, 6.07) is 12.7. The Balaban J connectivity index is 2.04. The average molecular weight is 368 g/mol. The van der Waals surface area contributed by atoms with Crippen LogP contribution in [0.15, 0.2) is 53.6 Å². The molecule has 3 rings (SSSR count). The van der Waals surface area contributed by atoms with Crippen molar-refractivity contribution in [1.82, 2.24) is 9.88 Å². The van der Waals surface area contributed by atoms with Crippen LogP contribution in [0.1, 0.15) is 25.1 Å². The number of imide groups is 1. The van der Waals surface area contributed by atoms with Gasteiger partial charge in [-0.3, -0.25) is 19.5 Å². The highest BCUT2D eigenvalue weighted by atomic mass is 32.2. The summed E-state index contributed by atoms with van der Waals surface area (Å²) in [6.07, 6.45) is 1.65. The molecule has 0 N–H and O–H groups in total. The molecule has 1 aromatic carbocycles. The lowest BCUT2D eigenvalue weighted by Crippen LogP contribution is -2.31. The van der Waals surface area contributed by atoms with Crippen LogP contribution < -0.4 is 4.74 Å². The van der Waals surface area contributed by atoms with Crippen molar-refractivity contribution in [3.8, 4) is 5.75 Å². The fourth-order valence-electron chi connectivity index (χ4n) is 2.78. The molecular formula is C20H20N2O3S. The number of nitrogens with zero attached hydrogens (tertiary/aromatic N) is 2. The molecule has 0 atom stereocenters. The predicted molar refractivity (Wildman–Crippen MR) is 102 cm³/mol. The van der Waals surface area contributed by atoms with Crippen molar-refractivity contribution in [2.75, 3.05) is 7.11 Å². The lowest BCUT2D eigenvalue weighted by Gasteiger charge is -2.15. The summed E-state index contributed by atoms with van der Waals surface area (Å²) in [5.41, 5.74) is 1.71. The van der Waals surface area contributed by atoms with Crippen LogP contribution >= 0.6 is 11.8 Å². The molecule has 1 aromatic heterocycles. The van der Waals surface area contributed by atoms with E-state index in [0.29, 0.717) is 27.5 Å². The van der Waals surface area contributed by atoms with E-state index in [1.165, 1.54) is 16.7 Å². The number of carbonyl (C=O) groups excluding carboxylic acids is 2. The number of pyridine rings is 1. The summed E-state index contributed by atoms with van der Waals surface area (Å²) in [5, 5.41) is 0.168. The quantitative estimate of drug-likeness (QED) is 0.730. The van der Waals surface area contributed by atoms with Gasteiger partial charge in [0.15, 0.2) is 0 Å². The van der Waals surface area contributed by atoms with Crippen LogP contribution in [-0.2, 0) is 16.1 Å². The molecular weight excluding hydrogens is 348 g/mol. The standard InChI is InChI=1S/C20H20N2O3S/c1-13(2)26-18-17(15-9-4-5-10-16(15)25-3)19(23)22(20(18)24)12-14-8-6-7-11-21-14/h4-11,13H,12H2,1-3H3. The number of hydrogen-bond donors (Lipinski definition) is 0. The monoisotopic (exact) mass is 368 g/mol. The van der Waals surface area contributed by atoms with Crippen LogP contribution in [0, 0.1) is 0 Å². The zero-order chi connectivity index (χ0) is 18.7. The van der Waals surface area contributed by atoms with Gasteiger partial charge in [0.05, 0.1) is 29.8 Å². The highest BCUT2D eigenvalue weighted by Crippen LogP contribution is 2.41. The number of carbonyl (C=O) groups is 2. The molecule has 5 nitrogen and oxygen atoms in total. The van der Waals surface area contributed by atoms with Gasteiger partial charge in [0, 0.05) is 17.0 Å². The van der Waals surface area contributed by atoms with Gasteiger partial charge in [0.1, 0.15) is 5.75 Å². The maximum Gasteiger partial charge on any atom is 0.268 e. The number of amides is 2. The third-order valence-electron chi connectivity index (χ3n) is 3.90. The minimum atomic E-state index is -0.312. The Labute approximate surface area is 157 Å². The maximum absolute atomic E-state index is 13.1. The summed E-state index contributed by atoms with van der Waals surface area (Å²) >= 11 is 1.40. The fraction of sp³-hybridized carbons (Fsp3) is 0.250. The second-order valence-corrected chi connectivity index (χ2v) is 7.68. The van der Waals surface area contributed by atoms with Crippen LogP contribution in [0.25, 0.3) is 5.57 Å². The third-order valence-corrected chi connectivity index (χ3v) is 4.99. The molecule has 1 aliphatic rings. The largest absolute Gasteiger partial charge is 0.496 e. The Morgan fingerprint density at radius 1 is 1.08 bits per heavy atom. The van der Waals surface area contributed by atoms with Crippen LogP contribution in [0.3, 0.4) is 0 Å². The lowest BCUT2D eigenvalue weighted by atomic mass is 10.1. The molecule has 6 heteroatoms. The van der Waals surface area contributed by atoms with Gasteiger partial charge >= 0.3 is 0 Å². The Morgan fingerprint density at radius 3 is 2.46 bits per heavy atom. The highest BCUT2D eigenvalue weighted by molar-refractivity contribution is 8.04. The van der Waals surface area contributed by atoms with Crippen molar-refractivity contribution >= 4 is 29.1 Å². The number of hydrogen-bond acceptors (Lipinski definition) is 5. The van der Waals surface area contributed by atoms with Crippen LogP contribution in [-0.4, -0.2) is 34.1 Å². The van der Waals surface area contributed by atoms with Gasteiger partial charge in [-0.25, -0.2) is 0 Å². The zero-order valence-electron chi connectivity index (χ0n) is 14.9. The molecule has 0 aliphatic carbocycles. The van der Waals surface area contributed by atoms with Crippen LogP contribution in [0.5, 0.6) is 5.75 Å². The Hall–Kier alpha value is -2.60. The Morgan fingerprint density at radius 2 is 1.81 bits per heavy atom. The van der Waals surface area contributed by atoms with Gasteiger partial charge in [0.25, 0.3) is 11.8 Å². The molecule has 2 aromatic rings. The Bertz CT molecular complexity index is 862. The smallest absolute Gasteiger partial charge is 0.268 e. The summed E-state index contributed by atoms with van der Waals surface area (Å²) in [4.78, 5) is 32.1. The first kappa shape index (κ1) is 18.2. The van der Waals surface area contributed by atoms with E-state index in [9.17, 15) is 9.59 Å². The highest BCUT2D eigenvalue weighted by Gasteiger charge is 2.40. The molecule has 0 unspecified atom stereocenters. The Kier molecular flexibility index (Phi) is 5.42. The molecule has 2 heterocycles. The number of thioether (sulfide) groups is 1. The van der Waals surface area contributed by atoms with Gasteiger partial charge < -0.3 is 4.74 Å². The van der Waals surface area contributed by atoms with Crippen LogP contribution in [0.2, 0.25) is 0 Å². The summed E-state index contributed by atoms with van der Waals surface area (Å²) < 4.78 is 5.41. The number of para-hydroxylation sites is 1. The molecule has 0 saturated carbocycles. The van der Waals surface area contributed by atoms with E-state index < -0.39 is 0 Å². The van der Waals surface area contributed by atoms with Gasteiger partial charge in [-0.15, -0.1) is 11.8 Å². The molecule has 1 aliphatic heterocycles. The van der Waals surface area contributed by atoms with Crippen molar-refractivity contribution in [1.29, 1.82) is 0 Å². The first-order chi connectivity index (χ1) is 12.5. The second-order valence-electron chi connectivity index (χ2n) is 6.09. The van der Waals surface area contributed by atoms with Gasteiger partial charge in [-0.05, 0) is 18.2 Å². The molecule has 134 valence electrons. The van der Waals surface area contributed by atoms with Crippen molar-refractivity contribution < 1.29 is 14.3 Å². The zero-order valence-corrected chi connectivity index (χ0v) is 15.7. The van der Waals surface area contributed by atoms with E-state index >= 15 is 0 Å².